The van der Waals surface area contributed by atoms with E-state index in [1.165, 1.54) is 0 Å². The molecule has 8 heteroatoms. The molecule has 0 spiro atoms. The molecule has 0 amide bonds. The molecule has 2 N–H and O–H groups in total. The Bertz CT molecular complexity index is 250. The van der Waals surface area contributed by atoms with Gasteiger partial charge in [-0.25, -0.2) is 4.79 Å². The minimum atomic E-state index is -5.08. The second-order valence-corrected chi connectivity index (χ2v) is 2.91. The summed E-state index contributed by atoms with van der Waals surface area (Å²) in [4.78, 5) is 19.7. The third-order valence-electron chi connectivity index (χ3n) is 1.64. The zero-order chi connectivity index (χ0) is 12.8. The molecule has 16 heavy (non-hydrogen) atoms. The predicted octanol–water partition coefficient (Wildman–Crippen LogP) is 0.402. The molecule has 0 saturated carbocycles. The summed E-state index contributed by atoms with van der Waals surface area (Å²) in [6.45, 7) is 3.90. The standard InChI is InChI=1S/C6H11NO2.C2HF3O2/c1-2-9-6(8)5-3-7-4-5;3-2(4,5)1(6)7/h5,7H,2-4H2,1H3;(H,6,7). The number of carboxylic acid groups (broad SMARTS) is 1. The van der Waals surface area contributed by atoms with Crippen LogP contribution in [0.4, 0.5) is 13.2 Å². The van der Waals surface area contributed by atoms with E-state index in [1.54, 1.807) is 0 Å². The van der Waals surface area contributed by atoms with Crippen LogP contribution in [-0.4, -0.2) is 42.9 Å². The molecule has 0 radical (unpaired) electrons. The summed E-state index contributed by atoms with van der Waals surface area (Å²) < 4.78 is 36.5. The summed E-state index contributed by atoms with van der Waals surface area (Å²) in [5.74, 6) is -2.69. The van der Waals surface area contributed by atoms with Gasteiger partial charge in [-0.3, -0.25) is 4.79 Å². The third-order valence-corrected chi connectivity index (χ3v) is 1.64. The Morgan fingerprint density at radius 2 is 1.88 bits per heavy atom. The Morgan fingerprint density at radius 1 is 1.44 bits per heavy atom. The molecule has 1 aliphatic rings. The molecule has 0 unspecified atom stereocenters. The molecule has 1 saturated heterocycles. The number of carbonyl (C=O) groups is 2. The lowest BCUT2D eigenvalue weighted by molar-refractivity contribution is -0.192. The normalized spacial score (nSPS) is 15.5. The van der Waals surface area contributed by atoms with Crippen LogP contribution in [0.2, 0.25) is 0 Å². The Kier molecular flexibility index (Phi) is 5.79. The van der Waals surface area contributed by atoms with Gasteiger partial charge in [-0.15, -0.1) is 0 Å². The molecule has 0 aliphatic carbocycles. The molecule has 1 aliphatic heterocycles. The minimum Gasteiger partial charge on any atom is -0.475 e. The van der Waals surface area contributed by atoms with E-state index in [2.05, 4.69) is 5.32 Å². The van der Waals surface area contributed by atoms with Gasteiger partial charge >= 0.3 is 18.1 Å². The van der Waals surface area contributed by atoms with Gasteiger partial charge in [-0.2, -0.15) is 13.2 Å². The molecule has 0 atom stereocenters. The SMILES string of the molecule is CCOC(=O)C1CNC1.O=C(O)C(F)(F)F. The van der Waals surface area contributed by atoms with Gasteiger partial charge in [0.05, 0.1) is 12.5 Å². The number of carboxylic acids is 1. The molecule has 0 bridgehead atoms. The van der Waals surface area contributed by atoms with Crippen LogP contribution in [0, 0.1) is 5.92 Å². The quantitative estimate of drug-likeness (QED) is 0.687. The zero-order valence-electron chi connectivity index (χ0n) is 8.50. The molecule has 1 fully saturated rings. The molecular formula is C8H12F3NO4. The van der Waals surface area contributed by atoms with Crippen molar-refractivity contribution in [2.75, 3.05) is 19.7 Å². The minimum absolute atomic E-state index is 0.0590. The number of aliphatic carboxylic acids is 1. The van der Waals surface area contributed by atoms with Crippen molar-refractivity contribution in [3.63, 3.8) is 0 Å². The Balaban J connectivity index is 0.000000293. The van der Waals surface area contributed by atoms with E-state index in [0.717, 1.165) is 13.1 Å². The number of halogens is 3. The number of carbonyl (C=O) groups excluding carboxylic acids is 1. The highest BCUT2D eigenvalue weighted by Crippen LogP contribution is 2.13. The van der Waals surface area contributed by atoms with E-state index in [9.17, 15) is 18.0 Å². The third kappa shape index (κ3) is 5.54. The fourth-order valence-corrected chi connectivity index (χ4v) is 0.715. The Hall–Kier alpha value is -1.31. The van der Waals surface area contributed by atoms with Gasteiger partial charge < -0.3 is 15.2 Å². The number of hydrogen-bond donors (Lipinski definition) is 2. The zero-order valence-corrected chi connectivity index (χ0v) is 8.50. The maximum Gasteiger partial charge on any atom is 0.490 e. The number of ether oxygens (including phenoxy) is 1. The summed E-state index contributed by atoms with van der Waals surface area (Å²) in [5, 5.41) is 10.1. The smallest absolute Gasteiger partial charge is 0.475 e. The number of nitrogens with one attached hydrogen (secondary N) is 1. The van der Waals surface area contributed by atoms with Gasteiger partial charge in [0.25, 0.3) is 0 Å². The summed E-state index contributed by atoms with van der Waals surface area (Å²) in [7, 11) is 0. The number of alkyl halides is 3. The highest BCUT2D eigenvalue weighted by molar-refractivity contribution is 5.74. The highest BCUT2D eigenvalue weighted by atomic mass is 19.4. The van der Waals surface area contributed by atoms with Crippen molar-refractivity contribution in [2.24, 2.45) is 5.92 Å². The van der Waals surface area contributed by atoms with Crippen LogP contribution >= 0.6 is 0 Å². The average Bonchev–Trinajstić information content (AvgIpc) is 1.99. The van der Waals surface area contributed by atoms with E-state index < -0.39 is 12.1 Å². The van der Waals surface area contributed by atoms with Crippen LogP contribution in [0.15, 0.2) is 0 Å². The molecule has 0 aromatic heterocycles. The molecular weight excluding hydrogens is 231 g/mol. The first-order valence-electron chi connectivity index (χ1n) is 4.46. The topological polar surface area (TPSA) is 75.6 Å². The van der Waals surface area contributed by atoms with Crippen molar-refractivity contribution in [2.45, 2.75) is 13.1 Å². The molecule has 0 aromatic rings. The molecule has 94 valence electrons. The van der Waals surface area contributed by atoms with Crippen molar-refractivity contribution in [3.8, 4) is 0 Å². The lowest BCUT2D eigenvalue weighted by Gasteiger charge is -2.24. The van der Waals surface area contributed by atoms with Crippen LogP contribution in [-0.2, 0) is 14.3 Å². The van der Waals surface area contributed by atoms with Gasteiger partial charge in [-0.05, 0) is 6.92 Å². The summed E-state index contributed by atoms with van der Waals surface area (Å²) in [6, 6.07) is 0. The van der Waals surface area contributed by atoms with Crippen molar-refractivity contribution < 1.29 is 32.6 Å². The predicted molar refractivity (Wildman–Crippen MR) is 46.7 cm³/mol. The summed E-state index contributed by atoms with van der Waals surface area (Å²) >= 11 is 0. The van der Waals surface area contributed by atoms with Crippen LogP contribution in [0.25, 0.3) is 0 Å². The van der Waals surface area contributed by atoms with E-state index in [0.29, 0.717) is 6.61 Å². The van der Waals surface area contributed by atoms with Crippen LogP contribution in [0.1, 0.15) is 6.92 Å². The van der Waals surface area contributed by atoms with Gasteiger partial charge in [0.15, 0.2) is 0 Å². The first kappa shape index (κ1) is 14.7. The van der Waals surface area contributed by atoms with Gasteiger partial charge in [-0.1, -0.05) is 0 Å². The molecule has 1 heterocycles. The van der Waals surface area contributed by atoms with Crippen molar-refractivity contribution in [3.05, 3.63) is 0 Å². The van der Waals surface area contributed by atoms with E-state index in [-0.39, 0.29) is 11.9 Å². The fourth-order valence-electron chi connectivity index (χ4n) is 0.715. The number of rotatable bonds is 2. The van der Waals surface area contributed by atoms with Gasteiger partial charge in [0, 0.05) is 13.1 Å². The van der Waals surface area contributed by atoms with E-state index in [4.69, 9.17) is 14.6 Å². The fraction of sp³-hybridized carbons (Fsp3) is 0.750. The summed E-state index contributed by atoms with van der Waals surface area (Å²) in [6.07, 6.45) is -5.08. The lowest BCUT2D eigenvalue weighted by Crippen LogP contribution is -2.47. The van der Waals surface area contributed by atoms with Gasteiger partial charge in [0.2, 0.25) is 0 Å². The first-order chi connectivity index (χ1) is 7.29. The molecule has 0 aromatic carbocycles. The van der Waals surface area contributed by atoms with Crippen molar-refractivity contribution in [1.82, 2.24) is 5.32 Å². The van der Waals surface area contributed by atoms with Crippen LogP contribution in [0.5, 0.6) is 0 Å². The molecule has 5 nitrogen and oxygen atoms in total. The van der Waals surface area contributed by atoms with E-state index in [1.807, 2.05) is 6.92 Å². The largest absolute Gasteiger partial charge is 0.490 e. The Morgan fingerprint density at radius 3 is 2.06 bits per heavy atom. The van der Waals surface area contributed by atoms with Crippen molar-refractivity contribution in [1.29, 1.82) is 0 Å². The molecule has 1 rings (SSSR count). The van der Waals surface area contributed by atoms with Gasteiger partial charge in [0.1, 0.15) is 0 Å². The summed E-state index contributed by atoms with van der Waals surface area (Å²) in [5.41, 5.74) is 0. The second kappa shape index (κ2) is 6.31. The maximum absolute atomic E-state index is 10.8. The second-order valence-electron chi connectivity index (χ2n) is 2.91. The first-order valence-corrected chi connectivity index (χ1v) is 4.46. The van der Waals surface area contributed by atoms with Crippen LogP contribution in [0.3, 0.4) is 0 Å². The monoisotopic (exact) mass is 243 g/mol. The van der Waals surface area contributed by atoms with Crippen LogP contribution < -0.4 is 5.32 Å². The van der Waals surface area contributed by atoms with E-state index >= 15 is 0 Å². The van der Waals surface area contributed by atoms with Crippen molar-refractivity contribution >= 4 is 11.9 Å². The maximum atomic E-state index is 10.8. The lowest BCUT2D eigenvalue weighted by atomic mass is 10.0. The average molecular weight is 243 g/mol. The Labute approximate surface area is 89.6 Å². The number of hydrogen-bond acceptors (Lipinski definition) is 4. The highest BCUT2D eigenvalue weighted by Gasteiger charge is 2.38. The number of esters is 1.